The number of hydrogen-bond donors (Lipinski definition) is 0. The van der Waals surface area contributed by atoms with E-state index in [1.165, 1.54) is 19.3 Å². The lowest BCUT2D eigenvalue weighted by atomic mass is 10.1. The smallest absolute Gasteiger partial charge is 0.0992 e. The maximum Gasteiger partial charge on any atom is 0.0992 e. The summed E-state index contributed by atoms with van der Waals surface area (Å²) in [4.78, 5) is 2.30. The van der Waals surface area contributed by atoms with Gasteiger partial charge in [0.05, 0.1) is 22.3 Å². The summed E-state index contributed by atoms with van der Waals surface area (Å²) in [6.45, 7) is 7.55. The molecule has 0 heterocycles. The zero-order chi connectivity index (χ0) is 13.5. The number of rotatable bonds is 6. The molecule has 0 saturated heterocycles. The van der Waals surface area contributed by atoms with Crippen molar-refractivity contribution in [3.63, 3.8) is 0 Å². The Morgan fingerprint density at radius 2 is 2.06 bits per heavy atom. The molecule has 2 nitrogen and oxygen atoms in total. The predicted octanol–water partition coefficient (Wildman–Crippen LogP) is 4.62. The van der Waals surface area contributed by atoms with Crippen molar-refractivity contribution in [2.24, 2.45) is 0 Å². The Morgan fingerprint density at radius 3 is 2.56 bits per heavy atom. The van der Waals surface area contributed by atoms with Crippen molar-refractivity contribution in [3.05, 3.63) is 28.8 Å². The van der Waals surface area contributed by atoms with Gasteiger partial charge in [0.15, 0.2) is 0 Å². The second kappa shape index (κ2) is 7.28. The van der Waals surface area contributed by atoms with Gasteiger partial charge in [0.1, 0.15) is 0 Å². The molecule has 0 radical (unpaired) electrons. The topological polar surface area (TPSA) is 27.0 Å². The van der Waals surface area contributed by atoms with Gasteiger partial charge in [0.25, 0.3) is 0 Å². The Bertz CT molecular complexity index is 421. The molecule has 98 valence electrons. The summed E-state index contributed by atoms with van der Waals surface area (Å²) in [5.74, 6) is 0. The highest BCUT2D eigenvalue weighted by atomic mass is 35.5. The van der Waals surface area contributed by atoms with Gasteiger partial charge in [-0.1, -0.05) is 31.4 Å². The van der Waals surface area contributed by atoms with Gasteiger partial charge in [-0.3, -0.25) is 0 Å². The first-order valence-electron chi connectivity index (χ1n) is 6.56. The molecule has 18 heavy (non-hydrogen) atoms. The van der Waals surface area contributed by atoms with E-state index >= 15 is 0 Å². The van der Waals surface area contributed by atoms with Gasteiger partial charge in [0.2, 0.25) is 0 Å². The van der Waals surface area contributed by atoms with Crippen LogP contribution in [-0.2, 0) is 0 Å². The number of nitrogens with zero attached hydrogens (tertiary/aromatic N) is 2. The van der Waals surface area contributed by atoms with Crippen molar-refractivity contribution in [1.82, 2.24) is 0 Å². The van der Waals surface area contributed by atoms with Crippen LogP contribution in [0, 0.1) is 11.3 Å². The molecule has 0 amide bonds. The molecule has 0 atom stereocenters. The molecule has 0 N–H and O–H groups in total. The molecule has 0 fully saturated rings. The van der Waals surface area contributed by atoms with E-state index < -0.39 is 0 Å². The molecule has 0 unspecified atom stereocenters. The summed E-state index contributed by atoms with van der Waals surface area (Å²) in [6.07, 6.45) is 3.62. The van der Waals surface area contributed by atoms with E-state index in [2.05, 4.69) is 31.7 Å². The van der Waals surface area contributed by atoms with Crippen molar-refractivity contribution >= 4 is 17.3 Å². The van der Waals surface area contributed by atoms with Crippen LogP contribution in [0.4, 0.5) is 5.69 Å². The van der Waals surface area contributed by atoms with Gasteiger partial charge in [-0.2, -0.15) is 5.26 Å². The predicted molar refractivity (Wildman–Crippen MR) is 78.2 cm³/mol. The molecular formula is C15H21ClN2. The minimum atomic E-state index is 0.410. The first-order chi connectivity index (χ1) is 8.60. The zero-order valence-electron chi connectivity index (χ0n) is 11.4. The van der Waals surface area contributed by atoms with Crippen LogP contribution in [0.1, 0.15) is 45.6 Å². The van der Waals surface area contributed by atoms with Gasteiger partial charge in [-0.25, -0.2) is 0 Å². The fourth-order valence-corrected chi connectivity index (χ4v) is 2.29. The Hall–Kier alpha value is -1.20. The molecule has 3 heteroatoms. The molecular weight excluding hydrogens is 244 g/mol. The van der Waals surface area contributed by atoms with Crippen molar-refractivity contribution in [1.29, 1.82) is 5.26 Å². The van der Waals surface area contributed by atoms with E-state index in [0.29, 0.717) is 16.6 Å². The molecule has 0 saturated carbocycles. The van der Waals surface area contributed by atoms with E-state index in [0.717, 1.165) is 12.2 Å². The van der Waals surface area contributed by atoms with Crippen LogP contribution in [-0.4, -0.2) is 12.6 Å². The molecule has 0 aromatic heterocycles. The SMILES string of the molecule is CCCCCN(c1ccc(C#N)cc1Cl)C(C)C. The van der Waals surface area contributed by atoms with Crippen molar-refractivity contribution in [2.75, 3.05) is 11.4 Å². The summed E-state index contributed by atoms with van der Waals surface area (Å²) in [5.41, 5.74) is 1.64. The third-order valence-electron chi connectivity index (χ3n) is 3.01. The Morgan fingerprint density at radius 1 is 1.33 bits per heavy atom. The van der Waals surface area contributed by atoms with Crippen LogP contribution >= 0.6 is 11.6 Å². The van der Waals surface area contributed by atoms with Crippen molar-refractivity contribution in [3.8, 4) is 6.07 Å². The maximum absolute atomic E-state index is 8.85. The molecule has 1 rings (SSSR count). The summed E-state index contributed by atoms with van der Waals surface area (Å²) in [7, 11) is 0. The van der Waals surface area contributed by atoms with E-state index in [-0.39, 0.29) is 0 Å². The molecule has 0 aliphatic heterocycles. The standard InChI is InChI=1S/C15H21ClN2/c1-4-5-6-9-18(12(2)3)15-8-7-13(11-17)10-14(15)16/h7-8,10,12H,4-6,9H2,1-3H3. The highest BCUT2D eigenvalue weighted by molar-refractivity contribution is 6.33. The fourth-order valence-electron chi connectivity index (χ4n) is 2.00. The molecule has 0 aliphatic rings. The average Bonchev–Trinajstić information content (AvgIpc) is 2.35. The molecule has 1 aromatic carbocycles. The third kappa shape index (κ3) is 3.92. The van der Waals surface area contributed by atoms with Gasteiger partial charge in [-0.05, 0) is 38.5 Å². The average molecular weight is 265 g/mol. The second-order valence-electron chi connectivity index (χ2n) is 4.77. The third-order valence-corrected chi connectivity index (χ3v) is 3.31. The number of nitriles is 1. The monoisotopic (exact) mass is 264 g/mol. The van der Waals surface area contributed by atoms with E-state index in [9.17, 15) is 0 Å². The zero-order valence-corrected chi connectivity index (χ0v) is 12.2. The number of hydrogen-bond acceptors (Lipinski definition) is 2. The number of benzene rings is 1. The summed E-state index contributed by atoms with van der Waals surface area (Å²) in [6, 6.07) is 8.05. The van der Waals surface area contributed by atoms with E-state index in [1.54, 1.807) is 6.07 Å². The molecule has 1 aromatic rings. The van der Waals surface area contributed by atoms with Gasteiger partial charge < -0.3 is 4.90 Å². The maximum atomic E-state index is 8.85. The number of halogens is 1. The lowest BCUT2D eigenvalue weighted by Crippen LogP contribution is -2.32. The van der Waals surface area contributed by atoms with Gasteiger partial charge in [0, 0.05) is 12.6 Å². The summed E-state index contributed by atoms with van der Waals surface area (Å²) < 4.78 is 0. The highest BCUT2D eigenvalue weighted by Crippen LogP contribution is 2.28. The fraction of sp³-hybridized carbons (Fsp3) is 0.533. The molecule has 0 aliphatic carbocycles. The Kier molecular flexibility index (Phi) is 6.01. The lowest BCUT2D eigenvalue weighted by Gasteiger charge is -2.30. The van der Waals surface area contributed by atoms with E-state index in [1.807, 2.05) is 12.1 Å². The lowest BCUT2D eigenvalue weighted by molar-refractivity contribution is 0.626. The summed E-state index contributed by atoms with van der Waals surface area (Å²) >= 11 is 6.27. The molecule has 0 spiro atoms. The number of anilines is 1. The van der Waals surface area contributed by atoms with Crippen LogP contribution in [0.15, 0.2) is 18.2 Å². The van der Waals surface area contributed by atoms with Crippen molar-refractivity contribution < 1.29 is 0 Å². The summed E-state index contributed by atoms with van der Waals surface area (Å²) in [5, 5.41) is 9.52. The Balaban J connectivity index is 2.89. The van der Waals surface area contributed by atoms with Crippen LogP contribution in [0.5, 0.6) is 0 Å². The molecule has 0 bridgehead atoms. The normalized spacial score (nSPS) is 10.4. The van der Waals surface area contributed by atoms with Crippen LogP contribution in [0.25, 0.3) is 0 Å². The highest BCUT2D eigenvalue weighted by Gasteiger charge is 2.13. The number of unbranched alkanes of at least 4 members (excludes halogenated alkanes) is 2. The quantitative estimate of drug-likeness (QED) is 0.701. The second-order valence-corrected chi connectivity index (χ2v) is 5.18. The minimum Gasteiger partial charge on any atom is -0.368 e. The first-order valence-corrected chi connectivity index (χ1v) is 6.94. The van der Waals surface area contributed by atoms with Crippen LogP contribution in [0.2, 0.25) is 5.02 Å². The van der Waals surface area contributed by atoms with Gasteiger partial charge >= 0.3 is 0 Å². The first kappa shape index (κ1) is 14.9. The van der Waals surface area contributed by atoms with Gasteiger partial charge in [-0.15, -0.1) is 0 Å². The largest absolute Gasteiger partial charge is 0.368 e. The Labute approximate surface area is 115 Å². The van der Waals surface area contributed by atoms with Crippen LogP contribution < -0.4 is 4.90 Å². The van der Waals surface area contributed by atoms with Crippen molar-refractivity contribution in [2.45, 2.75) is 46.1 Å². The minimum absolute atomic E-state index is 0.410. The van der Waals surface area contributed by atoms with E-state index in [4.69, 9.17) is 16.9 Å². The van der Waals surface area contributed by atoms with Crippen LogP contribution in [0.3, 0.4) is 0 Å².